The molecule has 1 rings (SSSR count). The maximum atomic E-state index is 14.6. The lowest BCUT2D eigenvalue weighted by atomic mass is 10.0. The van der Waals surface area contributed by atoms with E-state index in [1.54, 1.807) is 20.1 Å². The lowest BCUT2D eigenvalue weighted by molar-refractivity contribution is -0.138. The molecule has 0 bridgehead atoms. The first-order valence-corrected chi connectivity index (χ1v) is 9.50. The van der Waals surface area contributed by atoms with Crippen molar-refractivity contribution in [1.29, 1.82) is 0 Å². The maximum Gasteiger partial charge on any atom is 0.336 e. The van der Waals surface area contributed by atoms with E-state index < -0.39 is 11.8 Å². The second kappa shape index (κ2) is 13.2. The van der Waals surface area contributed by atoms with Crippen molar-refractivity contribution in [2.24, 2.45) is 0 Å². The number of ether oxygens (including phenoxy) is 2. The van der Waals surface area contributed by atoms with E-state index in [0.717, 1.165) is 30.6 Å². The molecule has 144 valence electrons. The molecule has 0 saturated heterocycles. The fourth-order valence-electron chi connectivity index (χ4n) is 2.60. The Hall–Kier alpha value is -2.10. The van der Waals surface area contributed by atoms with Gasteiger partial charge in [0.1, 0.15) is 11.6 Å². The van der Waals surface area contributed by atoms with Crippen LogP contribution in [0.15, 0.2) is 41.7 Å². The Morgan fingerprint density at radius 1 is 1.04 bits per heavy atom. The fourth-order valence-corrected chi connectivity index (χ4v) is 2.60. The van der Waals surface area contributed by atoms with Gasteiger partial charge in [0.25, 0.3) is 0 Å². The van der Waals surface area contributed by atoms with E-state index in [0.29, 0.717) is 6.42 Å². The molecule has 0 amide bonds. The van der Waals surface area contributed by atoms with Crippen LogP contribution in [-0.2, 0) is 9.53 Å². The van der Waals surface area contributed by atoms with E-state index in [4.69, 9.17) is 9.47 Å². The van der Waals surface area contributed by atoms with E-state index >= 15 is 0 Å². The van der Waals surface area contributed by atoms with Crippen molar-refractivity contribution < 1.29 is 18.7 Å². The van der Waals surface area contributed by atoms with Gasteiger partial charge in [0, 0.05) is 0 Å². The summed E-state index contributed by atoms with van der Waals surface area (Å²) in [5.74, 6) is -0.334. The highest BCUT2D eigenvalue weighted by molar-refractivity contribution is 5.89. The topological polar surface area (TPSA) is 35.5 Å². The number of halogens is 1. The SMILES string of the molecule is CCCCCCCC/C(C(=O)OCC)=C(F)/C=C/c1ccc(OC)cc1. The molecule has 0 heterocycles. The smallest absolute Gasteiger partial charge is 0.336 e. The zero-order valence-electron chi connectivity index (χ0n) is 16.2. The molecule has 0 spiro atoms. The molecule has 0 aliphatic heterocycles. The molecular weight excluding hydrogens is 331 g/mol. The summed E-state index contributed by atoms with van der Waals surface area (Å²) in [5, 5.41) is 0. The number of benzene rings is 1. The number of rotatable bonds is 12. The summed E-state index contributed by atoms with van der Waals surface area (Å²) in [6.07, 6.45) is 9.91. The molecule has 0 N–H and O–H groups in total. The Labute approximate surface area is 156 Å². The van der Waals surface area contributed by atoms with Crippen LogP contribution in [0.2, 0.25) is 0 Å². The summed E-state index contributed by atoms with van der Waals surface area (Å²) in [5.41, 5.74) is 0.968. The maximum absolute atomic E-state index is 14.6. The highest BCUT2D eigenvalue weighted by Crippen LogP contribution is 2.20. The van der Waals surface area contributed by atoms with E-state index in [1.807, 2.05) is 24.3 Å². The third kappa shape index (κ3) is 8.32. The summed E-state index contributed by atoms with van der Waals surface area (Å²) >= 11 is 0. The molecule has 4 heteroatoms. The number of carbonyl (C=O) groups is 1. The summed E-state index contributed by atoms with van der Waals surface area (Å²) in [6, 6.07) is 7.29. The van der Waals surface area contributed by atoms with Crippen LogP contribution in [0.3, 0.4) is 0 Å². The van der Waals surface area contributed by atoms with Crippen LogP contribution in [-0.4, -0.2) is 19.7 Å². The summed E-state index contributed by atoms with van der Waals surface area (Å²) < 4.78 is 24.7. The molecule has 26 heavy (non-hydrogen) atoms. The Morgan fingerprint density at radius 3 is 2.31 bits per heavy atom. The predicted molar refractivity (Wildman–Crippen MR) is 105 cm³/mol. The van der Waals surface area contributed by atoms with Gasteiger partial charge in [-0.25, -0.2) is 9.18 Å². The highest BCUT2D eigenvalue weighted by atomic mass is 19.1. The molecule has 0 aliphatic carbocycles. The van der Waals surface area contributed by atoms with Gasteiger partial charge < -0.3 is 9.47 Å². The van der Waals surface area contributed by atoms with Crippen LogP contribution in [0.5, 0.6) is 5.75 Å². The first kappa shape index (κ1) is 21.9. The number of esters is 1. The number of hydrogen-bond donors (Lipinski definition) is 0. The van der Waals surface area contributed by atoms with Crippen LogP contribution < -0.4 is 4.74 Å². The van der Waals surface area contributed by atoms with Crippen LogP contribution in [0, 0.1) is 0 Å². The van der Waals surface area contributed by atoms with Gasteiger partial charge in [0.2, 0.25) is 0 Å². The van der Waals surface area contributed by atoms with Gasteiger partial charge in [0.15, 0.2) is 0 Å². The molecule has 1 aromatic rings. The van der Waals surface area contributed by atoms with Crippen LogP contribution in [0.25, 0.3) is 6.08 Å². The molecule has 0 radical (unpaired) electrons. The Balaban J connectivity index is 2.74. The van der Waals surface area contributed by atoms with Crippen LogP contribution in [0.4, 0.5) is 4.39 Å². The molecule has 3 nitrogen and oxygen atoms in total. The number of unbranched alkanes of at least 4 members (excludes halogenated alkanes) is 5. The highest BCUT2D eigenvalue weighted by Gasteiger charge is 2.15. The van der Waals surface area contributed by atoms with Gasteiger partial charge in [-0.3, -0.25) is 0 Å². The normalized spacial score (nSPS) is 12.2. The number of carbonyl (C=O) groups excluding carboxylic acids is 1. The monoisotopic (exact) mass is 362 g/mol. The first-order chi connectivity index (χ1) is 12.6. The van der Waals surface area contributed by atoms with Gasteiger partial charge in [0.05, 0.1) is 19.3 Å². The van der Waals surface area contributed by atoms with Crippen molar-refractivity contribution in [2.75, 3.05) is 13.7 Å². The molecule has 0 aliphatic rings. The number of hydrogen-bond acceptors (Lipinski definition) is 3. The van der Waals surface area contributed by atoms with Gasteiger partial charge in [-0.2, -0.15) is 0 Å². The van der Waals surface area contributed by atoms with E-state index in [9.17, 15) is 9.18 Å². The minimum atomic E-state index is -0.557. The zero-order chi connectivity index (χ0) is 19.2. The molecule has 0 aromatic heterocycles. The lowest BCUT2D eigenvalue weighted by Gasteiger charge is -2.08. The third-order valence-electron chi connectivity index (χ3n) is 4.13. The van der Waals surface area contributed by atoms with Gasteiger partial charge in [-0.05, 0) is 43.5 Å². The largest absolute Gasteiger partial charge is 0.497 e. The van der Waals surface area contributed by atoms with Crippen molar-refractivity contribution in [3.05, 3.63) is 47.3 Å². The van der Waals surface area contributed by atoms with E-state index in [-0.39, 0.29) is 12.2 Å². The van der Waals surface area contributed by atoms with Crippen molar-refractivity contribution in [2.45, 2.75) is 58.8 Å². The second-order valence-corrected chi connectivity index (χ2v) is 6.17. The fraction of sp³-hybridized carbons (Fsp3) is 0.500. The molecule has 1 aromatic carbocycles. The van der Waals surface area contributed by atoms with Gasteiger partial charge >= 0.3 is 5.97 Å². The van der Waals surface area contributed by atoms with Crippen molar-refractivity contribution in [3.63, 3.8) is 0 Å². The summed E-state index contributed by atoms with van der Waals surface area (Å²) in [7, 11) is 1.60. The van der Waals surface area contributed by atoms with Crippen molar-refractivity contribution in [1.82, 2.24) is 0 Å². The molecule has 0 unspecified atom stereocenters. The Bertz CT molecular complexity index is 588. The summed E-state index contributed by atoms with van der Waals surface area (Å²) in [4.78, 5) is 12.1. The standard InChI is InChI=1S/C22H31FO3/c1-4-6-7-8-9-10-11-20(22(24)26-5-2)21(23)17-14-18-12-15-19(25-3)16-13-18/h12-17H,4-11H2,1-3H3/b17-14+,21-20+. The first-order valence-electron chi connectivity index (χ1n) is 9.50. The van der Waals surface area contributed by atoms with E-state index in [1.165, 1.54) is 25.3 Å². The second-order valence-electron chi connectivity index (χ2n) is 6.17. The average molecular weight is 362 g/mol. The molecule has 0 saturated carbocycles. The molecular formula is C22H31FO3. The van der Waals surface area contributed by atoms with Crippen molar-refractivity contribution in [3.8, 4) is 5.75 Å². The van der Waals surface area contributed by atoms with E-state index in [2.05, 4.69) is 6.92 Å². The third-order valence-corrected chi connectivity index (χ3v) is 4.13. The molecule has 0 fully saturated rings. The van der Waals surface area contributed by atoms with Crippen LogP contribution in [0.1, 0.15) is 64.4 Å². The lowest BCUT2D eigenvalue weighted by Crippen LogP contribution is -2.09. The van der Waals surface area contributed by atoms with Crippen molar-refractivity contribution >= 4 is 12.0 Å². The zero-order valence-corrected chi connectivity index (χ0v) is 16.2. The predicted octanol–water partition coefficient (Wildman–Crippen LogP) is 6.25. The quantitative estimate of drug-likeness (QED) is 0.191. The average Bonchev–Trinajstić information content (AvgIpc) is 2.66. The molecule has 0 atom stereocenters. The Kier molecular flexibility index (Phi) is 11.1. The minimum absolute atomic E-state index is 0.132. The van der Waals surface area contributed by atoms with Gasteiger partial charge in [-0.15, -0.1) is 0 Å². The summed E-state index contributed by atoms with van der Waals surface area (Å²) in [6.45, 7) is 4.14. The van der Waals surface area contributed by atoms with Gasteiger partial charge in [-0.1, -0.05) is 57.2 Å². The van der Waals surface area contributed by atoms with Crippen LogP contribution >= 0.6 is 0 Å². The minimum Gasteiger partial charge on any atom is -0.497 e. The number of methoxy groups -OCH3 is 1. The Morgan fingerprint density at radius 2 is 1.69 bits per heavy atom. The number of allylic oxidation sites excluding steroid dienone is 2.